The van der Waals surface area contributed by atoms with E-state index in [0.29, 0.717) is 31.4 Å². The molecular formula is C20H22N6O2. The van der Waals surface area contributed by atoms with Gasteiger partial charge in [-0.1, -0.05) is 18.2 Å². The van der Waals surface area contributed by atoms with Crippen molar-refractivity contribution in [3.63, 3.8) is 0 Å². The predicted octanol–water partition coefficient (Wildman–Crippen LogP) is 1.23. The van der Waals surface area contributed by atoms with Crippen LogP contribution in [-0.4, -0.2) is 48.4 Å². The van der Waals surface area contributed by atoms with Gasteiger partial charge >= 0.3 is 0 Å². The Bertz CT molecular complexity index is 892. The molecule has 28 heavy (non-hydrogen) atoms. The number of hydrogen-bond acceptors (Lipinski definition) is 6. The van der Waals surface area contributed by atoms with Gasteiger partial charge in [0.1, 0.15) is 6.33 Å². The molecule has 1 saturated carbocycles. The van der Waals surface area contributed by atoms with E-state index in [1.165, 1.54) is 0 Å². The summed E-state index contributed by atoms with van der Waals surface area (Å²) in [6, 6.07) is 13.1. The molecule has 1 aromatic carbocycles. The molecule has 1 fully saturated rings. The van der Waals surface area contributed by atoms with Crippen molar-refractivity contribution in [2.45, 2.75) is 38.0 Å². The molecule has 0 unspecified atom stereocenters. The Balaban J connectivity index is 1.41. The van der Waals surface area contributed by atoms with E-state index in [2.05, 4.69) is 25.8 Å². The molecule has 3 aromatic rings. The van der Waals surface area contributed by atoms with E-state index in [0.717, 1.165) is 11.3 Å². The van der Waals surface area contributed by atoms with Crippen molar-refractivity contribution in [3.8, 4) is 0 Å². The molecular weight excluding hydrogens is 356 g/mol. The smallest absolute Gasteiger partial charge is 0.251 e. The number of rotatable bonds is 7. The molecule has 1 atom stereocenters. The second-order valence-corrected chi connectivity index (χ2v) is 7.19. The minimum Gasteiger partial charge on any atom is -0.393 e. The summed E-state index contributed by atoms with van der Waals surface area (Å²) in [6.07, 6.45) is 5.12. The molecule has 1 amide bonds. The van der Waals surface area contributed by atoms with Crippen LogP contribution in [0.15, 0.2) is 55.0 Å². The molecule has 2 heterocycles. The highest BCUT2D eigenvalue weighted by molar-refractivity contribution is 5.94. The highest BCUT2D eigenvalue weighted by Gasteiger charge is 2.35. The molecule has 0 aliphatic heterocycles. The molecule has 1 aliphatic carbocycles. The Kier molecular flexibility index (Phi) is 5.38. The summed E-state index contributed by atoms with van der Waals surface area (Å²) in [6.45, 7) is 0.553. The van der Waals surface area contributed by atoms with Crippen LogP contribution in [0.4, 0.5) is 0 Å². The Hall–Kier alpha value is -3.13. The maximum atomic E-state index is 12.8. The first kappa shape index (κ1) is 18.2. The van der Waals surface area contributed by atoms with Crippen LogP contribution >= 0.6 is 0 Å². The number of carbonyl (C=O) groups is 1. The molecule has 0 spiro atoms. The summed E-state index contributed by atoms with van der Waals surface area (Å²) in [5.74, 6) is 0.149. The van der Waals surface area contributed by atoms with E-state index < -0.39 is 0 Å². The first-order chi connectivity index (χ1) is 13.7. The quantitative estimate of drug-likeness (QED) is 0.641. The zero-order valence-electron chi connectivity index (χ0n) is 15.3. The molecule has 144 valence electrons. The van der Waals surface area contributed by atoms with Crippen LogP contribution in [0.25, 0.3) is 0 Å². The van der Waals surface area contributed by atoms with Gasteiger partial charge in [0, 0.05) is 29.9 Å². The van der Waals surface area contributed by atoms with Crippen molar-refractivity contribution in [1.29, 1.82) is 0 Å². The van der Waals surface area contributed by atoms with Crippen molar-refractivity contribution in [1.82, 2.24) is 30.5 Å². The number of benzene rings is 1. The van der Waals surface area contributed by atoms with E-state index in [4.69, 9.17) is 0 Å². The van der Waals surface area contributed by atoms with Crippen LogP contribution < -0.4 is 5.32 Å². The molecule has 8 heteroatoms. The van der Waals surface area contributed by atoms with Gasteiger partial charge in [-0.3, -0.25) is 9.78 Å². The second kappa shape index (κ2) is 8.26. The van der Waals surface area contributed by atoms with Gasteiger partial charge in [-0.15, -0.1) is 5.10 Å². The highest BCUT2D eigenvalue weighted by Crippen LogP contribution is 2.31. The number of aliphatic hydroxyl groups excluding tert-OH is 1. The summed E-state index contributed by atoms with van der Waals surface area (Å²) in [5.41, 5.74) is 2.55. The number of nitrogens with zero attached hydrogens (tertiary/aromatic N) is 5. The lowest BCUT2D eigenvalue weighted by Crippen LogP contribution is -2.48. The van der Waals surface area contributed by atoms with Crippen LogP contribution in [0.5, 0.6) is 0 Å². The Morgan fingerprint density at radius 2 is 2.04 bits per heavy atom. The largest absolute Gasteiger partial charge is 0.393 e. The topological polar surface area (TPSA) is 106 Å². The highest BCUT2D eigenvalue weighted by atomic mass is 16.3. The van der Waals surface area contributed by atoms with Gasteiger partial charge in [0.2, 0.25) is 0 Å². The number of amides is 1. The molecule has 0 radical (unpaired) electrons. The molecule has 8 nitrogen and oxygen atoms in total. The average Bonchev–Trinajstić information content (AvgIpc) is 3.19. The lowest BCUT2D eigenvalue weighted by atomic mass is 9.76. The van der Waals surface area contributed by atoms with E-state index in [1.54, 1.807) is 17.2 Å². The van der Waals surface area contributed by atoms with Crippen LogP contribution in [-0.2, 0) is 13.0 Å². The summed E-state index contributed by atoms with van der Waals surface area (Å²) < 4.78 is 1.62. The van der Waals surface area contributed by atoms with Gasteiger partial charge in [-0.2, -0.15) is 0 Å². The van der Waals surface area contributed by atoms with Crippen LogP contribution in [0, 0.1) is 5.92 Å². The molecule has 0 bridgehead atoms. The third kappa shape index (κ3) is 4.40. The zero-order chi connectivity index (χ0) is 19.3. The number of pyridine rings is 1. The summed E-state index contributed by atoms with van der Waals surface area (Å²) in [5, 5.41) is 23.9. The Morgan fingerprint density at radius 3 is 2.68 bits per heavy atom. The third-order valence-electron chi connectivity index (χ3n) is 5.14. The van der Waals surface area contributed by atoms with Gasteiger partial charge in [0.05, 0.1) is 12.6 Å². The number of hydrogen-bond donors (Lipinski definition) is 2. The lowest BCUT2D eigenvalue weighted by molar-refractivity contribution is 0.0238. The van der Waals surface area contributed by atoms with E-state index in [-0.39, 0.29) is 24.0 Å². The van der Waals surface area contributed by atoms with Crippen LogP contribution in [0.1, 0.15) is 34.5 Å². The number of aliphatic hydroxyl groups is 1. The second-order valence-electron chi connectivity index (χ2n) is 7.19. The minimum absolute atomic E-state index is 0.0494. The fourth-order valence-electron chi connectivity index (χ4n) is 3.49. The van der Waals surface area contributed by atoms with Crippen molar-refractivity contribution in [2.75, 3.05) is 0 Å². The van der Waals surface area contributed by atoms with Gasteiger partial charge < -0.3 is 10.4 Å². The minimum atomic E-state index is -0.265. The molecule has 2 N–H and O–H groups in total. The van der Waals surface area contributed by atoms with Crippen LogP contribution in [0.3, 0.4) is 0 Å². The zero-order valence-corrected chi connectivity index (χ0v) is 15.3. The summed E-state index contributed by atoms with van der Waals surface area (Å²) >= 11 is 0. The normalized spacial score (nSPS) is 19.6. The number of carbonyl (C=O) groups excluding carboxylic acids is 1. The van der Waals surface area contributed by atoms with Gasteiger partial charge in [-0.25, -0.2) is 4.68 Å². The van der Waals surface area contributed by atoms with Gasteiger partial charge in [0.25, 0.3) is 5.91 Å². The number of tetrazole rings is 1. The fraction of sp³-hybridized carbons (Fsp3) is 0.350. The Labute approximate surface area is 162 Å². The van der Waals surface area contributed by atoms with Crippen molar-refractivity contribution in [3.05, 3.63) is 71.8 Å². The van der Waals surface area contributed by atoms with Gasteiger partial charge in [-0.05, 0) is 59.0 Å². The lowest BCUT2D eigenvalue weighted by Gasteiger charge is -2.38. The number of aromatic nitrogens is 5. The van der Waals surface area contributed by atoms with Crippen molar-refractivity contribution >= 4 is 5.91 Å². The van der Waals surface area contributed by atoms with E-state index >= 15 is 0 Å². The monoisotopic (exact) mass is 378 g/mol. The third-order valence-corrected chi connectivity index (χ3v) is 5.14. The molecule has 4 rings (SSSR count). The fourth-order valence-corrected chi connectivity index (χ4v) is 3.49. The first-order valence-electron chi connectivity index (χ1n) is 9.36. The maximum Gasteiger partial charge on any atom is 0.251 e. The van der Waals surface area contributed by atoms with Crippen molar-refractivity contribution < 1.29 is 9.90 Å². The van der Waals surface area contributed by atoms with Crippen molar-refractivity contribution in [2.24, 2.45) is 5.92 Å². The summed E-state index contributed by atoms with van der Waals surface area (Å²) in [4.78, 5) is 17.1. The maximum absolute atomic E-state index is 12.8. The molecule has 2 aromatic heterocycles. The molecule has 0 saturated heterocycles. The Morgan fingerprint density at radius 1 is 1.21 bits per heavy atom. The molecule has 1 aliphatic rings. The number of nitrogens with one attached hydrogen (secondary N) is 1. The first-order valence-corrected chi connectivity index (χ1v) is 9.36. The van der Waals surface area contributed by atoms with E-state index in [9.17, 15) is 9.90 Å². The van der Waals surface area contributed by atoms with E-state index in [1.807, 2.05) is 42.5 Å². The SMILES string of the molecule is O=C(N[C@H](Cc1ccccn1)C1CC(O)C1)c1ccc(Cn2cnnn2)cc1. The predicted molar refractivity (Wildman–Crippen MR) is 101 cm³/mol. The van der Waals surface area contributed by atoms with Crippen LogP contribution in [0.2, 0.25) is 0 Å². The van der Waals surface area contributed by atoms with Gasteiger partial charge in [0.15, 0.2) is 0 Å². The average molecular weight is 378 g/mol. The standard InChI is InChI=1S/C20H22N6O2/c27-18-9-16(10-18)19(11-17-3-1-2-8-21-17)23-20(28)15-6-4-14(5-7-15)12-26-13-22-24-25-26/h1-8,13,16,18-19,27H,9-12H2,(H,23,28)/t16?,18?,19-/m1/s1. The summed E-state index contributed by atoms with van der Waals surface area (Å²) in [7, 11) is 0.